The second-order valence-corrected chi connectivity index (χ2v) is 4.81. The summed E-state index contributed by atoms with van der Waals surface area (Å²) in [6.07, 6.45) is 0.742. The normalized spacial score (nSPS) is 11.4. The molecule has 1 atom stereocenters. The van der Waals surface area contributed by atoms with Crippen molar-refractivity contribution in [2.24, 2.45) is 0 Å². The summed E-state index contributed by atoms with van der Waals surface area (Å²) in [5, 5.41) is 11.1. The Morgan fingerprint density at radius 2 is 2.06 bits per heavy atom. The molecule has 0 aliphatic heterocycles. The van der Waals surface area contributed by atoms with Crippen molar-refractivity contribution < 1.29 is 14.0 Å². The number of nitro groups is 1. The predicted molar refractivity (Wildman–Crippen MR) is 66.1 cm³/mol. The van der Waals surface area contributed by atoms with Crippen molar-refractivity contribution in [3.63, 3.8) is 0 Å². The van der Waals surface area contributed by atoms with Crippen molar-refractivity contribution in [1.29, 1.82) is 0 Å². The molecule has 0 fully saturated rings. The van der Waals surface area contributed by atoms with E-state index >= 15 is 0 Å². The van der Waals surface area contributed by atoms with Crippen LogP contribution in [0, 0.1) is 17.0 Å². The molecular formula is C11H15NO4P+. The van der Waals surface area contributed by atoms with Crippen LogP contribution in [0.3, 0.4) is 0 Å². The van der Waals surface area contributed by atoms with Crippen LogP contribution in [-0.4, -0.2) is 11.5 Å². The molecule has 0 aliphatic rings. The molecule has 0 amide bonds. The standard InChI is InChI=1S/C11H15NO4P/c1-4-9-7-11(17(15)16-5-2)10(12(13)14)6-8(9)3/h6-7H,4-5H2,1-3H3/q+1. The number of nitro benzene ring substituents is 1. The fourth-order valence-corrected chi connectivity index (χ4v) is 2.55. The maximum Gasteiger partial charge on any atom is 0.556 e. The molecule has 17 heavy (non-hydrogen) atoms. The van der Waals surface area contributed by atoms with Gasteiger partial charge in [0.15, 0.2) is 0 Å². The Morgan fingerprint density at radius 3 is 2.53 bits per heavy atom. The average Bonchev–Trinajstić information content (AvgIpc) is 2.28. The molecule has 0 spiro atoms. The van der Waals surface area contributed by atoms with Gasteiger partial charge in [0.05, 0.1) is 4.92 Å². The van der Waals surface area contributed by atoms with Crippen molar-refractivity contribution >= 4 is 19.0 Å². The molecule has 1 aromatic carbocycles. The van der Waals surface area contributed by atoms with Gasteiger partial charge in [0.1, 0.15) is 6.61 Å². The lowest BCUT2D eigenvalue weighted by Gasteiger charge is -2.02. The summed E-state index contributed by atoms with van der Waals surface area (Å²) in [4.78, 5) is 10.4. The topological polar surface area (TPSA) is 69.4 Å². The number of hydrogen-bond donors (Lipinski definition) is 0. The first-order chi connectivity index (χ1) is 8.01. The highest BCUT2D eigenvalue weighted by molar-refractivity contribution is 7.48. The third-order valence-corrected chi connectivity index (χ3v) is 3.70. The van der Waals surface area contributed by atoms with Gasteiger partial charge in [0.2, 0.25) is 0 Å². The molecule has 0 heterocycles. The van der Waals surface area contributed by atoms with Gasteiger partial charge in [-0.3, -0.25) is 10.1 Å². The van der Waals surface area contributed by atoms with Crippen LogP contribution < -0.4 is 5.30 Å². The van der Waals surface area contributed by atoms with Crippen LogP contribution in [0.5, 0.6) is 0 Å². The fourth-order valence-electron chi connectivity index (χ4n) is 1.58. The summed E-state index contributed by atoms with van der Waals surface area (Å²) in [6.45, 7) is 5.73. The summed E-state index contributed by atoms with van der Waals surface area (Å²) in [7, 11) is -2.15. The summed E-state index contributed by atoms with van der Waals surface area (Å²) in [6, 6.07) is 3.07. The minimum atomic E-state index is -2.15. The number of aryl methyl sites for hydroxylation is 2. The maximum atomic E-state index is 11.8. The second kappa shape index (κ2) is 5.84. The molecule has 1 unspecified atom stereocenters. The van der Waals surface area contributed by atoms with Gasteiger partial charge in [-0.15, -0.1) is 4.52 Å². The highest BCUT2D eigenvalue weighted by atomic mass is 31.1. The Morgan fingerprint density at radius 1 is 1.41 bits per heavy atom. The lowest BCUT2D eigenvalue weighted by molar-refractivity contribution is -0.383. The second-order valence-electron chi connectivity index (χ2n) is 3.55. The Hall–Kier alpha value is -1.32. The van der Waals surface area contributed by atoms with Gasteiger partial charge in [0, 0.05) is 12.1 Å². The number of rotatable bonds is 5. The Balaban J connectivity index is 3.33. The quantitative estimate of drug-likeness (QED) is 0.461. The summed E-state index contributed by atoms with van der Waals surface area (Å²) >= 11 is 0. The van der Waals surface area contributed by atoms with Crippen molar-refractivity contribution in [3.8, 4) is 0 Å². The molecule has 92 valence electrons. The minimum Gasteiger partial charge on any atom is -0.258 e. The Labute approximate surface area is 101 Å². The molecular weight excluding hydrogens is 241 g/mol. The van der Waals surface area contributed by atoms with Crippen LogP contribution in [0.25, 0.3) is 0 Å². The van der Waals surface area contributed by atoms with Crippen molar-refractivity contribution in [2.75, 3.05) is 6.61 Å². The van der Waals surface area contributed by atoms with E-state index in [1.165, 1.54) is 6.07 Å². The largest absolute Gasteiger partial charge is 0.556 e. The predicted octanol–water partition coefficient (Wildman–Crippen LogP) is 2.87. The minimum absolute atomic E-state index is 0.130. The molecule has 1 aromatic rings. The first-order valence-electron chi connectivity index (χ1n) is 5.39. The first-order valence-corrected chi connectivity index (χ1v) is 6.57. The number of hydrogen-bond acceptors (Lipinski definition) is 4. The van der Waals surface area contributed by atoms with Gasteiger partial charge >= 0.3 is 19.0 Å². The molecule has 0 N–H and O–H groups in total. The number of benzene rings is 1. The summed E-state index contributed by atoms with van der Waals surface area (Å²) in [5.74, 6) is 0. The highest BCUT2D eigenvalue weighted by Gasteiger charge is 2.33. The van der Waals surface area contributed by atoms with E-state index in [1.807, 2.05) is 13.8 Å². The van der Waals surface area contributed by atoms with Crippen molar-refractivity contribution in [2.45, 2.75) is 27.2 Å². The zero-order valence-corrected chi connectivity index (χ0v) is 11.0. The van der Waals surface area contributed by atoms with Gasteiger partial charge < -0.3 is 0 Å². The molecule has 0 bridgehead atoms. The number of nitrogens with zero attached hydrogens (tertiary/aromatic N) is 1. The zero-order chi connectivity index (χ0) is 13.0. The van der Waals surface area contributed by atoms with Crippen LogP contribution >= 0.6 is 8.03 Å². The third kappa shape index (κ3) is 3.08. The molecule has 0 aromatic heterocycles. The maximum absolute atomic E-state index is 11.8. The van der Waals surface area contributed by atoms with Gasteiger partial charge in [-0.25, -0.2) is 0 Å². The first kappa shape index (κ1) is 13.7. The van der Waals surface area contributed by atoms with Gasteiger partial charge in [0.25, 0.3) is 0 Å². The van der Waals surface area contributed by atoms with Gasteiger partial charge in [-0.1, -0.05) is 6.92 Å². The van der Waals surface area contributed by atoms with E-state index in [9.17, 15) is 14.7 Å². The molecule has 6 heteroatoms. The molecule has 0 radical (unpaired) electrons. The van der Waals surface area contributed by atoms with Crippen LogP contribution in [0.4, 0.5) is 5.69 Å². The lowest BCUT2D eigenvalue weighted by atomic mass is 10.1. The highest BCUT2D eigenvalue weighted by Crippen LogP contribution is 2.29. The lowest BCUT2D eigenvalue weighted by Crippen LogP contribution is -2.09. The van der Waals surface area contributed by atoms with E-state index in [0.717, 1.165) is 17.5 Å². The molecule has 5 nitrogen and oxygen atoms in total. The van der Waals surface area contributed by atoms with E-state index in [0.29, 0.717) is 0 Å². The van der Waals surface area contributed by atoms with Gasteiger partial charge in [-0.05, 0) is 36.0 Å². The van der Waals surface area contributed by atoms with Crippen LogP contribution in [0.1, 0.15) is 25.0 Å². The Kier molecular flexibility index (Phi) is 4.73. The average molecular weight is 256 g/mol. The van der Waals surface area contributed by atoms with E-state index in [4.69, 9.17) is 4.52 Å². The summed E-state index contributed by atoms with van der Waals surface area (Å²) in [5.41, 5.74) is 1.66. The molecule has 0 saturated carbocycles. The van der Waals surface area contributed by atoms with Crippen LogP contribution in [-0.2, 0) is 15.5 Å². The smallest absolute Gasteiger partial charge is 0.258 e. The van der Waals surface area contributed by atoms with E-state index in [1.54, 1.807) is 13.0 Å². The van der Waals surface area contributed by atoms with Gasteiger partial charge in [-0.2, -0.15) is 0 Å². The molecule has 1 rings (SSSR count). The Bertz CT molecular complexity index is 459. The fraction of sp³-hybridized carbons (Fsp3) is 0.455. The SMILES string of the molecule is CCO[P+](=O)c1cc(CC)c(C)cc1[N+](=O)[O-]. The summed E-state index contributed by atoms with van der Waals surface area (Å²) < 4.78 is 16.7. The third-order valence-electron chi connectivity index (χ3n) is 2.45. The van der Waals surface area contributed by atoms with E-state index in [-0.39, 0.29) is 17.6 Å². The zero-order valence-electron chi connectivity index (χ0n) is 10.1. The molecule has 0 aliphatic carbocycles. The van der Waals surface area contributed by atoms with Crippen molar-refractivity contribution in [3.05, 3.63) is 33.4 Å². The van der Waals surface area contributed by atoms with E-state index < -0.39 is 13.0 Å². The molecule has 0 saturated heterocycles. The van der Waals surface area contributed by atoms with Crippen LogP contribution in [0.2, 0.25) is 0 Å². The van der Waals surface area contributed by atoms with Crippen molar-refractivity contribution in [1.82, 2.24) is 0 Å². The van der Waals surface area contributed by atoms with Crippen LogP contribution in [0.15, 0.2) is 12.1 Å². The van der Waals surface area contributed by atoms with E-state index in [2.05, 4.69) is 0 Å². The monoisotopic (exact) mass is 256 g/mol.